The Hall–Kier alpha value is 2.88. The molecule has 5 heteroatoms. The molecule has 0 fully saturated rings. The van der Waals surface area contributed by atoms with Crippen LogP contribution in [0.4, 0.5) is 0 Å². The van der Waals surface area contributed by atoms with Crippen molar-refractivity contribution in [2.75, 3.05) is 0 Å². The van der Waals surface area contributed by atoms with Crippen molar-refractivity contribution in [2.45, 2.75) is 0 Å². The van der Waals surface area contributed by atoms with Crippen molar-refractivity contribution in [1.82, 2.24) is 0 Å². The molecule has 0 saturated carbocycles. The van der Waals surface area contributed by atoms with E-state index in [2.05, 4.69) is 0 Å². The molecule has 0 spiro atoms. The average molecular weight is 282 g/mol. The molecule has 0 aliphatic carbocycles. The van der Waals surface area contributed by atoms with E-state index < -0.39 is 0 Å². The van der Waals surface area contributed by atoms with Gasteiger partial charge in [0.2, 0.25) is 0 Å². The molecular formula is H2AlCl2Zr2. The van der Waals surface area contributed by atoms with Gasteiger partial charge in [-0.15, -0.1) is 24.8 Å². The normalized spacial score (nSPS) is 0. The number of halogens is 2. The van der Waals surface area contributed by atoms with Crippen molar-refractivity contribution in [3.8, 4) is 0 Å². The van der Waals surface area contributed by atoms with Gasteiger partial charge in [-0.05, 0) is 0 Å². The maximum absolute atomic E-state index is 0. The van der Waals surface area contributed by atoms with Gasteiger partial charge in [-0.3, -0.25) is 0 Å². The Bertz CT molecular complexity index is 7.61. The summed E-state index contributed by atoms with van der Waals surface area (Å²) in [5.41, 5.74) is 0. The van der Waals surface area contributed by atoms with E-state index in [1.165, 1.54) is 0 Å². The van der Waals surface area contributed by atoms with Gasteiger partial charge in [0, 0.05) is 69.8 Å². The first-order chi connectivity index (χ1) is 0. The molecule has 27 valence electrons. The van der Waals surface area contributed by atoms with Gasteiger partial charge in [0.15, 0.2) is 0 Å². The van der Waals surface area contributed by atoms with E-state index in [1.54, 1.807) is 0 Å². The van der Waals surface area contributed by atoms with E-state index in [0.29, 0.717) is 0 Å². The molecule has 0 bridgehead atoms. The molecule has 0 aliphatic rings. The van der Waals surface area contributed by atoms with Crippen LogP contribution in [0.1, 0.15) is 0 Å². The molecule has 0 aromatic heterocycles. The molecule has 5 heavy (non-hydrogen) atoms. The van der Waals surface area contributed by atoms with Crippen molar-refractivity contribution in [2.24, 2.45) is 0 Å². The molecule has 0 aliphatic heterocycles. The van der Waals surface area contributed by atoms with E-state index in [9.17, 15) is 0 Å². The summed E-state index contributed by atoms with van der Waals surface area (Å²) >= 11 is 0. The van der Waals surface area contributed by atoms with Gasteiger partial charge in [-0.2, -0.15) is 0 Å². The van der Waals surface area contributed by atoms with Crippen LogP contribution in [0, 0.1) is 0 Å². The van der Waals surface area contributed by atoms with E-state index in [-0.39, 0.29) is 94.6 Å². The summed E-state index contributed by atoms with van der Waals surface area (Å²) in [6, 6.07) is 0. The van der Waals surface area contributed by atoms with Crippen LogP contribution in [0.15, 0.2) is 0 Å². The third-order valence-corrected chi connectivity index (χ3v) is 0. The van der Waals surface area contributed by atoms with Gasteiger partial charge < -0.3 is 0 Å². The van der Waals surface area contributed by atoms with E-state index in [4.69, 9.17) is 0 Å². The molecule has 0 heterocycles. The molecule has 0 N–H and O–H groups in total. The molecule has 0 rings (SSSR count). The Balaban J connectivity index is 0. The first kappa shape index (κ1) is 45.0. The minimum atomic E-state index is 0. The number of hydrogen-bond acceptors (Lipinski definition) is 0. The van der Waals surface area contributed by atoms with Gasteiger partial charge >= 0.3 is 0 Å². The van der Waals surface area contributed by atoms with Crippen LogP contribution in [-0.4, -0.2) is 17.4 Å². The summed E-state index contributed by atoms with van der Waals surface area (Å²) in [5, 5.41) is 0. The summed E-state index contributed by atoms with van der Waals surface area (Å²) in [6.07, 6.45) is 0. The van der Waals surface area contributed by atoms with Gasteiger partial charge in [0.25, 0.3) is 0 Å². The molecule has 0 nitrogen and oxygen atoms in total. The van der Waals surface area contributed by atoms with Crippen molar-refractivity contribution >= 4 is 42.2 Å². The third kappa shape index (κ3) is 19.8. The van der Waals surface area contributed by atoms with Crippen molar-refractivity contribution in [1.29, 1.82) is 0 Å². The van der Waals surface area contributed by atoms with Crippen molar-refractivity contribution < 1.29 is 52.4 Å². The van der Waals surface area contributed by atoms with Gasteiger partial charge in [-0.25, -0.2) is 0 Å². The standard InChI is InChI=1S/Al.2ClH.2Zr/h;2*1H;;. The van der Waals surface area contributed by atoms with Crippen LogP contribution >= 0.6 is 24.8 Å². The summed E-state index contributed by atoms with van der Waals surface area (Å²) in [6.45, 7) is 0. The van der Waals surface area contributed by atoms with Crippen LogP contribution in [0.2, 0.25) is 0 Å². The Labute approximate surface area is 93.0 Å². The zero-order valence-corrected chi connectivity index (χ0v) is 10.1. The minimum absolute atomic E-state index is 0. The van der Waals surface area contributed by atoms with Gasteiger partial charge in [0.05, 0.1) is 0 Å². The monoisotopic (exact) mass is 279 g/mol. The zero-order chi connectivity index (χ0) is 0. The number of rotatable bonds is 0. The van der Waals surface area contributed by atoms with Crippen LogP contribution in [0.5, 0.6) is 0 Å². The van der Waals surface area contributed by atoms with Gasteiger partial charge in [0.1, 0.15) is 0 Å². The molecule has 3 radical (unpaired) electrons. The van der Waals surface area contributed by atoms with Crippen LogP contribution in [-0.2, 0) is 52.4 Å². The molecule has 0 saturated heterocycles. The molecule has 0 aromatic carbocycles. The molecule has 0 aromatic rings. The smallest absolute Gasteiger partial charge is 0 e. The second-order valence-electron chi connectivity index (χ2n) is 0. The van der Waals surface area contributed by atoms with Crippen LogP contribution < -0.4 is 0 Å². The Morgan fingerprint density at radius 2 is 0.600 bits per heavy atom. The summed E-state index contributed by atoms with van der Waals surface area (Å²) in [4.78, 5) is 0. The fourth-order valence-corrected chi connectivity index (χ4v) is 0. The van der Waals surface area contributed by atoms with Crippen molar-refractivity contribution in [3.05, 3.63) is 0 Å². The first-order valence-electron chi connectivity index (χ1n) is 0. The maximum atomic E-state index is 0. The van der Waals surface area contributed by atoms with Crippen LogP contribution in [0.25, 0.3) is 0 Å². The SMILES string of the molecule is Cl.Cl.[Al].[Zr].[Zr]. The summed E-state index contributed by atoms with van der Waals surface area (Å²) < 4.78 is 0. The molecule has 0 atom stereocenters. The predicted molar refractivity (Wildman–Crippen MR) is 20.2 cm³/mol. The number of hydrogen-bond donors (Lipinski definition) is 0. The Morgan fingerprint density at radius 1 is 0.600 bits per heavy atom. The van der Waals surface area contributed by atoms with E-state index >= 15 is 0 Å². The first-order valence-corrected chi connectivity index (χ1v) is 0. The Kier molecular flexibility index (Phi) is 258. The fraction of sp³-hybridized carbons (Fsp3) is 0. The second-order valence-corrected chi connectivity index (χ2v) is 0. The van der Waals surface area contributed by atoms with Crippen molar-refractivity contribution in [3.63, 3.8) is 0 Å². The average Bonchev–Trinajstić information content (AvgIpc) is 0. The fourth-order valence-electron chi connectivity index (χ4n) is 0. The van der Waals surface area contributed by atoms with Gasteiger partial charge in [-0.1, -0.05) is 0 Å². The van der Waals surface area contributed by atoms with Crippen LogP contribution in [0.3, 0.4) is 0 Å². The molecule has 0 amide bonds. The second kappa shape index (κ2) is 28.7. The quantitative estimate of drug-likeness (QED) is 0.566. The zero-order valence-electron chi connectivity index (χ0n) is 2.39. The minimum Gasteiger partial charge on any atom is -0.147 e. The summed E-state index contributed by atoms with van der Waals surface area (Å²) in [5.74, 6) is 0. The third-order valence-electron chi connectivity index (χ3n) is 0. The van der Waals surface area contributed by atoms with E-state index in [0.717, 1.165) is 0 Å². The summed E-state index contributed by atoms with van der Waals surface area (Å²) in [7, 11) is 0. The molecular weight excluding hydrogens is 280 g/mol. The largest absolute Gasteiger partial charge is 0.147 e. The van der Waals surface area contributed by atoms with E-state index in [1.807, 2.05) is 0 Å². The molecule has 0 unspecified atom stereocenters. The maximum Gasteiger partial charge on any atom is 0 e. The topological polar surface area (TPSA) is 0 Å². The predicted octanol–water partition coefficient (Wildman–Crippen LogP) is 0.458. The Morgan fingerprint density at radius 3 is 0.600 bits per heavy atom.